The molecule has 2 aromatic carbocycles. The molecule has 0 aliphatic heterocycles. The highest BCUT2D eigenvalue weighted by Crippen LogP contribution is 2.23. The highest BCUT2D eigenvalue weighted by Gasteiger charge is 2.19. The molecule has 7 nitrogen and oxygen atoms in total. The summed E-state index contributed by atoms with van der Waals surface area (Å²) in [7, 11) is 0. The molecule has 1 atom stereocenters. The van der Waals surface area contributed by atoms with Crippen molar-refractivity contribution in [2.75, 3.05) is 5.32 Å². The van der Waals surface area contributed by atoms with Crippen molar-refractivity contribution in [1.82, 2.24) is 14.9 Å². The van der Waals surface area contributed by atoms with Gasteiger partial charge in [-0.25, -0.2) is 9.78 Å². The zero-order chi connectivity index (χ0) is 22.0. The summed E-state index contributed by atoms with van der Waals surface area (Å²) in [5, 5.41) is 6.57. The normalized spacial score (nSPS) is 15.6. The maximum absolute atomic E-state index is 13.4. The zero-order valence-corrected chi connectivity index (χ0v) is 18.2. The van der Waals surface area contributed by atoms with Gasteiger partial charge in [0, 0.05) is 11.7 Å². The highest BCUT2D eigenvalue weighted by atomic mass is 35.5. The molecular formula is C23H26ClN5O2. The molecule has 0 radical (unpaired) electrons. The van der Waals surface area contributed by atoms with Gasteiger partial charge in [-0.15, -0.1) is 0 Å². The van der Waals surface area contributed by atoms with Crippen LogP contribution in [0.3, 0.4) is 0 Å². The summed E-state index contributed by atoms with van der Waals surface area (Å²) >= 11 is 6.30. The fourth-order valence-electron chi connectivity index (χ4n) is 4.08. The van der Waals surface area contributed by atoms with E-state index in [1.807, 2.05) is 0 Å². The summed E-state index contributed by atoms with van der Waals surface area (Å²) in [6.07, 6.45) is 5.51. The third-order valence-corrected chi connectivity index (χ3v) is 5.90. The number of benzene rings is 2. The molecule has 1 saturated carbocycles. The number of carbonyl (C=O) groups excluding carboxylic acids is 1. The lowest BCUT2D eigenvalue weighted by Gasteiger charge is -2.23. The summed E-state index contributed by atoms with van der Waals surface area (Å²) in [5.41, 5.74) is 7.47. The summed E-state index contributed by atoms with van der Waals surface area (Å²) in [6.45, 7) is 1.77. The van der Waals surface area contributed by atoms with E-state index in [0.717, 1.165) is 25.7 Å². The van der Waals surface area contributed by atoms with Gasteiger partial charge >= 0.3 is 6.03 Å². The number of amides is 2. The van der Waals surface area contributed by atoms with E-state index in [2.05, 4.69) is 15.6 Å². The fraction of sp³-hybridized carbons (Fsp3) is 0.348. The Kier molecular flexibility index (Phi) is 6.25. The number of hydrogen-bond donors (Lipinski definition) is 3. The Labute approximate surface area is 185 Å². The largest absolute Gasteiger partial charge is 0.335 e. The first-order valence-corrected chi connectivity index (χ1v) is 11.0. The van der Waals surface area contributed by atoms with Gasteiger partial charge in [0.2, 0.25) is 0 Å². The molecule has 4 N–H and O–H groups in total. The van der Waals surface area contributed by atoms with Crippen molar-refractivity contribution in [2.45, 2.75) is 51.1 Å². The maximum atomic E-state index is 13.4. The Balaban J connectivity index is 1.69. The van der Waals surface area contributed by atoms with Crippen molar-refractivity contribution in [3.63, 3.8) is 0 Å². The molecule has 1 aliphatic rings. The number of halogens is 1. The molecule has 1 aromatic heterocycles. The van der Waals surface area contributed by atoms with Gasteiger partial charge in [0.25, 0.3) is 5.56 Å². The summed E-state index contributed by atoms with van der Waals surface area (Å²) in [6, 6.07) is 11.7. The Morgan fingerprint density at radius 1 is 1.19 bits per heavy atom. The lowest BCUT2D eigenvalue weighted by atomic mass is 9.96. The van der Waals surface area contributed by atoms with Gasteiger partial charge in [-0.2, -0.15) is 0 Å². The van der Waals surface area contributed by atoms with E-state index in [4.69, 9.17) is 17.3 Å². The van der Waals surface area contributed by atoms with E-state index in [-0.39, 0.29) is 17.6 Å². The van der Waals surface area contributed by atoms with Crippen LogP contribution in [0.2, 0.25) is 5.02 Å². The smallest absolute Gasteiger partial charge is 0.319 e. The number of urea groups is 1. The average molecular weight is 440 g/mol. The third kappa shape index (κ3) is 4.57. The minimum Gasteiger partial charge on any atom is -0.335 e. The standard InChI is InChI=1S/C23H26ClN5O2/c1-14(25)21-28-19-12-6-11-18(24)20(19)22(30)29(21)17-10-5-9-16(13-17)27-23(31)26-15-7-3-2-4-8-15/h5-6,9-15H,2-4,7-8,25H2,1H3,(H2,26,27,31). The molecule has 1 aliphatic carbocycles. The van der Waals surface area contributed by atoms with Gasteiger partial charge < -0.3 is 16.4 Å². The van der Waals surface area contributed by atoms with Crippen LogP contribution in [-0.4, -0.2) is 21.6 Å². The molecule has 1 fully saturated rings. The molecule has 162 valence electrons. The van der Waals surface area contributed by atoms with Crippen molar-refractivity contribution < 1.29 is 4.79 Å². The first-order valence-electron chi connectivity index (χ1n) is 10.6. The lowest BCUT2D eigenvalue weighted by molar-refractivity contribution is 0.244. The average Bonchev–Trinajstić information content (AvgIpc) is 2.74. The summed E-state index contributed by atoms with van der Waals surface area (Å²) in [5.74, 6) is 0.420. The van der Waals surface area contributed by atoms with Gasteiger partial charge in [-0.1, -0.05) is 43.0 Å². The molecule has 31 heavy (non-hydrogen) atoms. The first-order chi connectivity index (χ1) is 14.9. The van der Waals surface area contributed by atoms with Crippen molar-refractivity contribution in [2.24, 2.45) is 5.73 Å². The summed E-state index contributed by atoms with van der Waals surface area (Å²) < 4.78 is 1.46. The van der Waals surface area contributed by atoms with E-state index in [9.17, 15) is 9.59 Å². The molecule has 4 rings (SSSR count). The molecular weight excluding hydrogens is 414 g/mol. The van der Waals surface area contributed by atoms with Crippen molar-refractivity contribution in [3.05, 3.63) is 63.7 Å². The van der Waals surface area contributed by atoms with Crippen LogP contribution in [0.1, 0.15) is 50.9 Å². The number of hydrogen-bond acceptors (Lipinski definition) is 4. The first kappa shape index (κ1) is 21.3. The van der Waals surface area contributed by atoms with Gasteiger partial charge in [0.15, 0.2) is 0 Å². The van der Waals surface area contributed by atoms with Crippen LogP contribution >= 0.6 is 11.6 Å². The Morgan fingerprint density at radius 2 is 1.94 bits per heavy atom. The molecule has 3 aromatic rings. The molecule has 0 saturated heterocycles. The molecule has 8 heteroatoms. The van der Waals surface area contributed by atoms with E-state index in [0.29, 0.717) is 33.1 Å². The maximum Gasteiger partial charge on any atom is 0.319 e. The van der Waals surface area contributed by atoms with Crippen LogP contribution < -0.4 is 21.9 Å². The highest BCUT2D eigenvalue weighted by molar-refractivity contribution is 6.35. The number of anilines is 1. The topological polar surface area (TPSA) is 102 Å². The second-order valence-electron chi connectivity index (χ2n) is 8.02. The fourth-order valence-corrected chi connectivity index (χ4v) is 4.33. The second-order valence-corrected chi connectivity index (χ2v) is 8.42. The molecule has 1 heterocycles. The minimum atomic E-state index is -0.484. The summed E-state index contributed by atoms with van der Waals surface area (Å²) in [4.78, 5) is 30.4. The molecule has 1 unspecified atom stereocenters. The zero-order valence-electron chi connectivity index (χ0n) is 17.4. The number of carbonyl (C=O) groups is 1. The van der Waals surface area contributed by atoms with Crippen LogP contribution in [-0.2, 0) is 0 Å². The SMILES string of the molecule is CC(N)c1nc2cccc(Cl)c2c(=O)n1-c1cccc(NC(=O)NC2CCCCC2)c1. The number of aromatic nitrogens is 2. The molecule has 0 bridgehead atoms. The monoisotopic (exact) mass is 439 g/mol. The van der Waals surface area contributed by atoms with E-state index in [1.54, 1.807) is 49.4 Å². The number of nitrogens with one attached hydrogen (secondary N) is 2. The predicted molar refractivity (Wildman–Crippen MR) is 124 cm³/mol. The van der Waals surface area contributed by atoms with E-state index in [1.165, 1.54) is 11.0 Å². The van der Waals surface area contributed by atoms with Crippen molar-refractivity contribution >= 4 is 34.2 Å². The Morgan fingerprint density at radius 3 is 2.68 bits per heavy atom. The van der Waals surface area contributed by atoms with Gasteiger partial charge in [-0.3, -0.25) is 9.36 Å². The van der Waals surface area contributed by atoms with Gasteiger partial charge in [0.05, 0.1) is 27.7 Å². The molecule has 0 spiro atoms. The quantitative estimate of drug-likeness (QED) is 0.556. The van der Waals surface area contributed by atoms with Crippen LogP contribution in [0.25, 0.3) is 16.6 Å². The minimum absolute atomic E-state index is 0.205. The van der Waals surface area contributed by atoms with Crippen LogP contribution in [0.15, 0.2) is 47.3 Å². The molecule has 2 amide bonds. The predicted octanol–water partition coefficient (Wildman–Crippen LogP) is 4.51. The van der Waals surface area contributed by atoms with Crippen LogP contribution in [0.5, 0.6) is 0 Å². The van der Waals surface area contributed by atoms with Gasteiger partial charge in [-0.05, 0) is 50.1 Å². The third-order valence-electron chi connectivity index (χ3n) is 5.58. The number of fused-ring (bicyclic) bond motifs is 1. The number of nitrogens with zero attached hydrogens (tertiary/aromatic N) is 2. The van der Waals surface area contributed by atoms with E-state index < -0.39 is 6.04 Å². The van der Waals surface area contributed by atoms with Crippen molar-refractivity contribution in [3.8, 4) is 5.69 Å². The number of nitrogens with two attached hydrogens (primary N) is 1. The Bertz CT molecular complexity index is 1170. The van der Waals surface area contributed by atoms with Gasteiger partial charge in [0.1, 0.15) is 5.82 Å². The van der Waals surface area contributed by atoms with Crippen LogP contribution in [0, 0.1) is 0 Å². The lowest BCUT2D eigenvalue weighted by Crippen LogP contribution is -2.39. The van der Waals surface area contributed by atoms with E-state index >= 15 is 0 Å². The second kappa shape index (κ2) is 9.08. The van der Waals surface area contributed by atoms with Crippen molar-refractivity contribution in [1.29, 1.82) is 0 Å². The number of rotatable bonds is 4. The van der Waals surface area contributed by atoms with Crippen LogP contribution in [0.4, 0.5) is 10.5 Å². The Hall–Kier alpha value is -2.90.